The Hall–Kier alpha value is -1.82. The van der Waals surface area contributed by atoms with Crippen molar-refractivity contribution in [3.63, 3.8) is 0 Å². The number of hydrogen-bond acceptors (Lipinski definition) is 3. The largest absolute Gasteiger partial charge is 0.457 e. The molecule has 5 heteroatoms. The quantitative estimate of drug-likeness (QED) is 0.565. The van der Waals surface area contributed by atoms with Crippen LogP contribution in [0.1, 0.15) is 23.3 Å². The second-order valence-corrected chi connectivity index (χ2v) is 6.81. The van der Waals surface area contributed by atoms with Gasteiger partial charge in [-0.1, -0.05) is 0 Å². The lowest BCUT2D eigenvalue weighted by Gasteiger charge is -1.96. The van der Waals surface area contributed by atoms with Gasteiger partial charge in [0.2, 0.25) is 0 Å². The average Bonchev–Trinajstić information content (AvgIpc) is 3.14. The van der Waals surface area contributed by atoms with E-state index in [0.717, 1.165) is 23.5 Å². The molecule has 3 nitrogen and oxygen atoms in total. The third-order valence-corrected chi connectivity index (χ3v) is 5.33. The van der Waals surface area contributed by atoms with Gasteiger partial charge in [-0.15, -0.1) is 11.3 Å². The van der Waals surface area contributed by atoms with Gasteiger partial charge in [0.05, 0.1) is 21.3 Å². The molecule has 0 radical (unpaired) electrons. The van der Waals surface area contributed by atoms with Gasteiger partial charge in [0.25, 0.3) is 5.70 Å². The number of fused-ring (bicyclic) bond motifs is 1. The number of rotatable bonds is 2. The van der Waals surface area contributed by atoms with Gasteiger partial charge in [-0.05, 0) is 64.5 Å². The fourth-order valence-corrected chi connectivity index (χ4v) is 4.41. The molecule has 98 valence electrons. The van der Waals surface area contributed by atoms with Crippen molar-refractivity contribution in [2.45, 2.75) is 19.3 Å². The molecule has 0 amide bonds. The summed E-state index contributed by atoms with van der Waals surface area (Å²) < 4.78 is 6.95. The molecule has 2 heterocycles. The summed E-state index contributed by atoms with van der Waals surface area (Å²) in [6.45, 7) is 6.87. The maximum atomic E-state index is 8.76. The van der Waals surface area contributed by atoms with Crippen LogP contribution in [0.2, 0.25) is 0 Å². The number of nitriles is 1. The summed E-state index contributed by atoms with van der Waals surface area (Å²) in [6, 6.07) is 5.54. The molecule has 0 bridgehead atoms. The standard InChI is InChI=1S/C15H9BrN2OS/c1-18-9(8-17)7-10-5-6-13(19-10)14-11-3-2-4-12(11)15(16)20-14/h5-7H,2-4H2/b9-7+. The fraction of sp³-hybridized carbons (Fsp3) is 0.200. The highest BCUT2D eigenvalue weighted by Crippen LogP contribution is 2.44. The SMILES string of the molecule is [C-]#[N+]/C(C#N)=C/c1ccc(-c2sc(Br)c3c2CCC3)o1. The van der Waals surface area contributed by atoms with E-state index in [0.29, 0.717) is 5.76 Å². The Morgan fingerprint density at radius 2 is 2.25 bits per heavy atom. The highest BCUT2D eigenvalue weighted by molar-refractivity contribution is 9.11. The van der Waals surface area contributed by atoms with Gasteiger partial charge in [0, 0.05) is 0 Å². The number of allylic oxidation sites excluding steroid dienone is 1. The van der Waals surface area contributed by atoms with E-state index >= 15 is 0 Å². The molecule has 0 unspecified atom stereocenters. The topological polar surface area (TPSA) is 41.3 Å². The van der Waals surface area contributed by atoms with Crippen LogP contribution in [0.25, 0.3) is 21.6 Å². The van der Waals surface area contributed by atoms with Crippen LogP contribution in [0.3, 0.4) is 0 Å². The van der Waals surface area contributed by atoms with Gasteiger partial charge in [0.15, 0.2) is 0 Å². The second-order valence-electron chi connectivity index (χ2n) is 4.47. The van der Waals surface area contributed by atoms with Crippen LogP contribution in [0.5, 0.6) is 0 Å². The van der Waals surface area contributed by atoms with Crippen LogP contribution >= 0.6 is 27.3 Å². The molecule has 20 heavy (non-hydrogen) atoms. The maximum Gasteiger partial charge on any atom is 0.265 e. The molecule has 2 aromatic heterocycles. The van der Waals surface area contributed by atoms with Crippen LogP contribution in [-0.4, -0.2) is 0 Å². The van der Waals surface area contributed by atoms with Crippen molar-refractivity contribution in [3.05, 3.63) is 49.9 Å². The van der Waals surface area contributed by atoms with Gasteiger partial charge in [0.1, 0.15) is 11.5 Å². The second kappa shape index (κ2) is 5.28. The predicted octanol–water partition coefficient (Wildman–Crippen LogP) is 5.04. The van der Waals surface area contributed by atoms with Crippen molar-refractivity contribution in [3.8, 4) is 16.7 Å². The first-order valence-electron chi connectivity index (χ1n) is 6.12. The maximum absolute atomic E-state index is 8.76. The van der Waals surface area contributed by atoms with Gasteiger partial charge >= 0.3 is 0 Å². The van der Waals surface area contributed by atoms with Crippen LogP contribution in [0.4, 0.5) is 0 Å². The molecule has 0 saturated heterocycles. The summed E-state index contributed by atoms with van der Waals surface area (Å²) in [7, 11) is 0. The molecule has 1 aliphatic rings. The lowest BCUT2D eigenvalue weighted by molar-refractivity contribution is 0.572. The Labute approximate surface area is 129 Å². The molecular weight excluding hydrogens is 336 g/mol. The Balaban J connectivity index is 2.00. The lowest BCUT2D eigenvalue weighted by atomic mass is 10.2. The van der Waals surface area contributed by atoms with E-state index in [-0.39, 0.29) is 5.70 Å². The highest BCUT2D eigenvalue weighted by Gasteiger charge is 2.23. The summed E-state index contributed by atoms with van der Waals surface area (Å²) in [5.74, 6) is 1.36. The van der Waals surface area contributed by atoms with Crippen molar-refractivity contribution < 1.29 is 4.42 Å². The molecule has 0 aliphatic heterocycles. The summed E-state index contributed by atoms with van der Waals surface area (Å²) >= 11 is 5.31. The zero-order valence-corrected chi connectivity index (χ0v) is 12.8. The van der Waals surface area contributed by atoms with E-state index in [1.165, 1.54) is 27.4 Å². The zero-order valence-electron chi connectivity index (χ0n) is 10.4. The van der Waals surface area contributed by atoms with E-state index in [4.69, 9.17) is 16.3 Å². The van der Waals surface area contributed by atoms with E-state index in [1.54, 1.807) is 17.4 Å². The van der Waals surface area contributed by atoms with Crippen molar-refractivity contribution in [2.24, 2.45) is 0 Å². The smallest absolute Gasteiger partial charge is 0.265 e. The van der Waals surface area contributed by atoms with Crippen molar-refractivity contribution in [1.29, 1.82) is 5.26 Å². The first-order chi connectivity index (χ1) is 9.72. The Bertz CT molecular complexity index is 770. The van der Waals surface area contributed by atoms with Crippen LogP contribution in [0, 0.1) is 17.9 Å². The van der Waals surface area contributed by atoms with Gasteiger partial charge < -0.3 is 4.42 Å². The minimum Gasteiger partial charge on any atom is -0.457 e. The first-order valence-corrected chi connectivity index (χ1v) is 7.73. The van der Waals surface area contributed by atoms with Crippen molar-refractivity contribution in [2.75, 3.05) is 0 Å². The molecule has 1 aliphatic carbocycles. The van der Waals surface area contributed by atoms with E-state index in [2.05, 4.69) is 20.8 Å². The summed E-state index contributed by atoms with van der Waals surface area (Å²) in [6.07, 6.45) is 4.87. The fourth-order valence-electron chi connectivity index (χ4n) is 2.40. The Morgan fingerprint density at radius 1 is 1.45 bits per heavy atom. The number of hydrogen-bond donors (Lipinski definition) is 0. The third-order valence-electron chi connectivity index (χ3n) is 3.29. The van der Waals surface area contributed by atoms with Gasteiger partial charge in [-0.3, -0.25) is 0 Å². The normalized spacial score (nSPS) is 13.8. The van der Waals surface area contributed by atoms with Crippen molar-refractivity contribution >= 4 is 33.3 Å². The molecule has 0 N–H and O–H groups in total. The zero-order chi connectivity index (χ0) is 14.1. The predicted molar refractivity (Wildman–Crippen MR) is 81.9 cm³/mol. The number of furan rings is 1. The molecular formula is C15H9BrN2OS. The number of nitrogens with zero attached hydrogens (tertiary/aromatic N) is 2. The molecule has 0 aromatic carbocycles. The molecule has 0 saturated carbocycles. The van der Waals surface area contributed by atoms with E-state index in [1.807, 2.05) is 12.1 Å². The Morgan fingerprint density at radius 3 is 3.00 bits per heavy atom. The minimum atomic E-state index is 0.0310. The van der Waals surface area contributed by atoms with E-state index in [9.17, 15) is 0 Å². The molecule has 3 rings (SSSR count). The highest BCUT2D eigenvalue weighted by atomic mass is 79.9. The molecule has 0 spiro atoms. The lowest BCUT2D eigenvalue weighted by Crippen LogP contribution is -1.77. The molecule has 2 aromatic rings. The van der Waals surface area contributed by atoms with Crippen LogP contribution in [-0.2, 0) is 12.8 Å². The van der Waals surface area contributed by atoms with Gasteiger partial charge in [-0.25, -0.2) is 10.1 Å². The summed E-state index contributed by atoms with van der Waals surface area (Å²) in [5, 5.41) is 8.76. The number of halogens is 1. The van der Waals surface area contributed by atoms with Gasteiger partial charge in [-0.2, -0.15) is 0 Å². The van der Waals surface area contributed by atoms with E-state index < -0.39 is 0 Å². The molecule has 0 fully saturated rings. The Kier molecular flexibility index (Phi) is 3.48. The summed E-state index contributed by atoms with van der Waals surface area (Å²) in [5.41, 5.74) is 2.80. The average molecular weight is 345 g/mol. The number of thiophene rings is 1. The minimum absolute atomic E-state index is 0.0310. The third kappa shape index (κ3) is 2.20. The monoisotopic (exact) mass is 344 g/mol. The molecule has 0 atom stereocenters. The first kappa shape index (κ1) is 13.2. The van der Waals surface area contributed by atoms with Crippen molar-refractivity contribution in [1.82, 2.24) is 0 Å². The summed E-state index contributed by atoms with van der Waals surface area (Å²) in [4.78, 5) is 4.29. The van der Waals surface area contributed by atoms with Crippen LogP contribution in [0.15, 0.2) is 26.0 Å². The van der Waals surface area contributed by atoms with Crippen LogP contribution < -0.4 is 0 Å².